The highest BCUT2D eigenvalue weighted by Crippen LogP contribution is 2.22. The van der Waals surface area contributed by atoms with E-state index in [1.165, 1.54) is 5.56 Å². The summed E-state index contributed by atoms with van der Waals surface area (Å²) in [4.78, 5) is 4.16. The van der Waals surface area contributed by atoms with Crippen molar-refractivity contribution in [2.45, 2.75) is 12.6 Å². The first-order chi connectivity index (χ1) is 8.31. The molecule has 3 rings (SSSR count). The molecule has 4 nitrogen and oxygen atoms in total. The minimum atomic E-state index is 0.428. The fourth-order valence-electron chi connectivity index (χ4n) is 2.08. The number of aromatic nitrogens is 3. The Bertz CT molecular complexity index is 474. The van der Waals surface area contributed by atoms with Crippen LogP contribution in [-0.4, -0.2) is 33.0 Å². The number of nitrogens with zero attached hydrogens (tertiary/aromatic N) is 4. The second-order valence-corrected chi connectivity index (χ2v) is 4.76. The molecule has 17 heavy (non-hydrogen) atoms. The molecule has 0 amide bonds. The van der Waals surface area contributed by atoms with Crippen LogP contribution in [0.4, 0.5) is 0 Å². The molecule has 5 heteroatoms. The molecule has 0 atom stereocenters. The van der Waals surface area contributed by atoms with Gasteiger partial charge in [0.15, 0.2) is 0 Å². The zero-order chi connectivity index (χ0) is 11.7. The Morgan fingerprint density at radius 2 is 1.76 bits per heavy atom. The molecule has 0 N–H and O–H groups in total. The van der Waals surface area contributed by atoms with Crippen LogP contribution in [0.3, 0.4) is 0 Å². The maximum Gasteiger partial charge on any atom is 0.0969 e. The van der Waals surface area contributed by atoms with Gasteiger partial charge in [0, 0.05) is 24.7 Å². The van der Waals surface area contributed by atoms with Crippen LogP contribution in [0, 0.1) is 0 Å². The standard InChI is InChI=1S/C12H13ClN4/c13-11-3-1-10(2-4-11)7-16-8-12(9-16)17-14-5-6-15-17/h1-6,12H,7-9H2. The van der Waals surface area contributed by atoms with Gasteiger partial charge in [0.1, 0.15) is 0 Å². The molecule has 1 saturated heterocycles. The fourth-order valence-corrected chi connectivity index (χ4v) is 2.21. The van der Waals surface area contributed by atoms with Crippen molar-refractivity contribution in [3.8, 4) is 0 Å². The van der Waals surface area contributed by atoms with Crippen molar-refractivity contribution in [2.75, 3.05) is 13.1 Å². The minimum Gasteiger partial charge on any atom is -0.295 e. The van der Waals surface area contributed by atoms with Crippen LogP contribution in [-0.2, 0) is 6.54 Å². The lowest BCUT2D eigenvalue weighted by Crippen LogP contribution is -2.47. The lowest BCUT2D eigenvalue weighted by Gasteiger charge is -2.38. The molecule has 88 valence electrons. The molecule has 1 aliphatic rings. The van der Waals surface area contributed by atoms with E-state index in [1.54, 1.807) is 17.2 Å². The second-order valence-electron chi connectivity index (χ2n) is 4.32. The van der Waals surface area contributed by atoms with E-state index in [-0.39, 0.29) is 0 Å². The predicted molar refractivity (Wildman–Crippen MR) is 65.8 cm³/mol. The maximum atomic E-state index is 5.85. The number of benzene rings is 1. The normalized spacial score (nSPS) is 17.0. The van der Waals surface area contributed by atoms with Gasteiger partial charge in [0.05, 0.1) is 18.4 Å². The van der Waals surface area contributed by atoms with Gasteiger partial charge in [-0.3, -0.25) is 4.90 Å². The van der Waals surface area contributed by atoms with Crippen LogP contribution in [0.5, 0.6) is 0 Å². The molecular weight excluding hydrogens is 236 g/mol. The van der Waals surface area contributed by atoms with Crippen LogP contribution >= 0.6 is 11.6 Å². The number of likely N-dealkylation sites (tertiary alicyclic amines) is 1. The summed E-state index contributed by atoms with van der Waals surface area (Å²) in [7, 11) is 0. The topological polar surface area (TPSA) is 34.0 Å². The number of hydrogen-bond acceptors (Lipinski definition) is 3. The van der Waals surface area contributed by atoms with Crippen molar-refractivity contribution in [3.63, 3.8) is 0 Å². The van der Waals surface area contributed by atoms with E-state index in [4.69, 9.17) is 11.6 Å². The molecule has 0 saturated carbocycles. The van der Waals surface area contributed by atoms with Gasteiger partial charge in [-0.15, -0.1) is 0 Å². The fraction of sp³-hybridized carbons (Fsp3) is 0.333. The molecule has 1 aromatic heterocycles. The molecule has 2 heterocycles. The van der Waals surface area contributed by atoms with Crippen molar-refractivity contribution in [1.29, 1.82) is 0 Å². The second kappa shape index (κ2) is 4.47. The van der Waals surface area contributed by atoms with Gasteiger partial charge < -0.3 is 0 Å². The van der Waals surface area contributed by atoms with E-state index in [2.05, 4.69) is 27.2 Å². The first-order valence-electron chi connectivity index (χ1n) is 5.64. The first kappa shape index (κ1) is 10.7. The summed E-state index contributed by atoms with van der Waals surface area (Å²) < 4.78 is 0. The summed E-state index contributed by atoms with van der Waals surface area (Å²) in [6.07, 6.45) is 3.45. The number of hydrogen-bond donors (Lipinski definition) is 0. The summed E-state index contributed by atoms with van der Waals surface area (Å²) in [6, 6.07) is 8.44. The van der Waals surface area contributed by atoms with Crippen LogP contribution in [0.25, 0.3) is 0 Å². The first-order valence-corrected chi connectivity index (χ1v) is 6.01. The Balaban J connectivity index is 1.55. The molecule has 1 aliphatic heterocycles. The van der Waals surface area contributed by atoms with Crippen LogP contribution in [0.15, 0.2) is 36.7 Å². The van der Waals surface area contributed by atoms with Gasteiger partial charge in [0.2, 0.25) is 0 Å². The average molecular weight is 249 g/mol. The monoisotopic (exact) mass is 248 g/mol. The van der Waals surface area contributed by atoms with Crippen LogP contribution in [0.1, 0.15) is 11.6 Å². The average Bonchev–Trinajstić information content (AvgIpc) is 2.78. The van der Waals surface area contributed by atoms with E-state index in [1.807, 2.05) is 12.1 Å². The Hall–Kier alpha value is -1.39. The zero-order valence-electron chi connectivity index (χ0n) is 9.33. The Morgan fingerprint density at radius 3 is 2.41 bits per heavy atom. The van der Waals surface area contributed by atoms with Crippen molar-refractivity contribution >= 4 is 11.6 Å². The predicted octanol–water partition coefficient (Wildman–Crippen LogP) is 1.99. The highest BCUT2D eigenvalue weighted by atomic mass is 35.5. The highest BCUT2D eigenvalue weighted by Gasteiger charge is 2.28. The number of halogens is 1. The SMILES string of the molecule is Clc1ccc(CN2CC(n3nccn3)C2)cc1. The van der Waals surface area contributed by atoms with Gasteiger partial charge in [-0.05, 0) is 17.7 Å². The summed E-state index contributed by atoms with van der Waals surface area (Å²) in [5.74, 6) is 0. The van der Waals surface area contributed by atoms with Gasteiger partial charge in [-0.1, -0.05) is 23.7 Å². The van der Waals surface area contributed by atoms with E-state index in [0.29, 0.717) is 6.04 Å². The van der Waals surface area contributed by atoms with E-state index >= 15 is 0 Å². The molecule has 0 aliphatic carbocycles. The maximum absolute atomic E-state index is 5.85. The summed E-state index contributed by atoms with van der Waals surface area (Å²) in [5.41, 5.74) is 1.29. The largest absolute Gasteiger partial charge is 0.295 e. The van der Waals surface area contributed by atoms with Gasteiger partial charge in [-0.25, -0.2) is 0 Å². The van der Waals surface area contributed by atoms with E-state index in [9.17, 15) is 0 Å². The summed E-state index contributed by atoms with van der Waals surface area (Å²) in [6.45, 7) is 2.99. The Kier molecular flexibility index (Phi) is 2.82. The van der Waals surface area contributed by atoms with Crippen LogP contribution in [0.2, 0.25) is 5.02 Å². The van der Waals surface area contributed by atoms with Crippen molar-refractivity contribution < 1.29 is 0 Å². The molecular formula is C12H13ClN4. The molecule has 2 aromatic rings. The Labute approximate surface area is 105 Å². The third-order valence-electron chi connectivity index (χ3n) is 3.02. The molecule has 0 unspecified atom stereocenters. The third-order valence-corrected chi connectivity index (χ3v) is 3.27. The van der Waals surface area contributed by atoms with Gasteiger partial charge >= 0.3 is 0 Å². The van der Waals surface area contributed by atoms with E-state index < -0.39 is 0 Å². The molecule has 0 spiro atoms. The van der Waals surface area contributed by atoms with Gasteiger partial charge in [0.25, 0.3) is 0 Å². The van der Waals surface area contributed by atoms with Crippen molar-refractivity contribution in [3.05, 3.63) is 47.2 Å². The quantitative estimate of drug-likeness (QED) is 0.833. The molecule has 0 radical (unpaired) electrons. The smallest absolute Gasteiger partial charge is 0.0969 e. The van der Waals surface area contributed by atoms with Crippen LogP contribution < -0.4 is 0 Å². The Morgan fingerprint density at radius 1 is 1.12 bits per heavy atom. The molecule has 1 fully saturated rings. The molecule has 0 bridgehead atoms. The van der Waals surface area contributed by atoms with Gasteiger partial charge in [-0.2, -0.15) is 15.0 Å². The molecule has 1 aromatic carbocycles. The number of rotatable bonds is 3. The van der Waals surface area contributed by atoms with Crippen molar-refractivity contribution in [1.82, 2.24) is 19.9 Å². The minimum absolute atomic E-state index is 0.428. The van der Waals surface area contributed by atoms with E-state index in [0.717, 1.165) is 24.7 Å². The lowest BCUT2D eigenvalue weighted by atomic mass is 10.1. The highest BCUT2D eigenvalue weighted by molar-refractivity contribution is 6.30. The third kappa shape index (κ3) is 2.33. The summed E-state index contributed by atoms with van der Waals surface area (Å²) in [5, 5.41) is 9.09. The summed E-state index contributed by atoms with van der Waals surface area (Å²) >= 11 is 5.85. The van der Waals surface area contributed by atoms with Crippen molar-refractivity contribution in [2.24, 2.45) is 0 Å². The zero-order valence-corrected chi connectivity index (χ0v) is 10.1. The lowest BCUT2D eigenvalue weighted by molar-refractivity contribution is 0.0814.